The van der Waals surface area contributed by atoms with Gasteiger partial charge in [-0.2, -0.15) is 0 Å². The minimum absolute atomic E-state index is 0.0121. The standard InChI is InChI=1S/C18H13ClF2N4O2/c1-27-16-5-3-10(6-12(16)19)24-17-9-22-15(8-23-17)18(26)25-11-2-4-13(20)14(21)7-11/h2-9H,1H3,(H,23,24)(H,25,26). The fourth-order valence-corrected chi connectivity index (χ4v) is 2.43. The van der Waals surface area contributed by atoms with Gasteiger partial charge < -0.3 is 15.4 Å². The van der Waals surface area contributed by atoms with Crippen molar-refractivity contribution in [3.63, 3.8) is 0 Å². The molecule has 0 saturated heterocycles. The highest BCUT2D eigenvalue weighted by molar-refractivity contribution is 6.32. The number of ether oxygens (including phenoxy) is 1. The van der Waals surface area contributed by atoms with E-state index in [1.54, 1.807) is 18.2 Å². The van der Waals surface area contributed by atoms with Crippen molar-refractivity contribution in [3.05, 3.63) is 71.1 Å². The maximum absolute atomic E-state index is 13.2. The lowest BCUT2D eigenvalue weighted by Gasteiger charge is -2.09. The zero-order valence-corrected chi connectivity index (χ0v) is 14.7. The van der Waals surface area contributed by atoms with Gasteiger partial charge in [-0.15, -0.1) is 0 Å². The Bertz CT molecular complexity index is 984. The smallest absolute Gasteiger partial charge is 0.275 e. The molecule has 2 aromatic carbocycles. The van der Waals surface area contributed by atoms with E-state index < -0.39 is 17.5 Å². The Hall–Kier alpha value is -3.26. The summed E-state index contributed by atoms with van der Waals surface area (Å²) in [5.74, 6) is -1.73. The predicted octanol–water partition coefficient (Wildman–Crippen LogP) is 4.41. The molecule has 0 saturated carbocycles. The molecule has 6 nitrogen and oxygen atoms in total. The molecule has 0 aliphatic rings. The van der Waals surface area contributed by atoms with Crippen molar-refractivity contribution in [3.8, 4) is 5.75 Å². The normalized spacial score (nSPS) is 10.4. The van der Waals surface area contributed by atoms with Gasteiger partial charge in [0.25, 0.3) is 5.91 Å². The maximum Gasteiger partial charge on any atom is 0.275 e. The van der Waals surface area contributed by atoms with Gasteiger partial charge in [-0.05, 0) is 30.3 Å². The van der Waals surface area contributed by atoms with Crippen LogP contribution in [-0.4, -0.2) is 23.0 Å². The summed E-state index contributed by atoms with van der Waals surface area (Å²) in [5, 5.41) is 5.83. The van der Waals surface area contributed by atoms with E-state index in [0.29, 0.717) is 22.3 Å². The van der Waals surface area contributed by atoms with Crippen LogP contribution in [0.25, 0.3) is 0 Å². The second kappa shape index (κ2) is 7.96. The van der Waals surface area contributed by atoms with Crippen LogP contribution >= 0.6 is 11.6 Å². The summed E-state index contributed by atoms with van der Waals surface area (Å²) in [6.45, 7) is 0. The number of halogens is 3. The molecular weight excluding hydrogens is 378 g/mol. The van der Waals surface area contributed by atoms with E-state index in [0.717, 1.165) is 12.1 Å². The van der Waals surface area contributed by atoms with E-state index in [1.165, 1.54) is 25.6 Å². The lowest BCUT2D eigenvalue weighted by molar-refractivity contribution is 0.102. The van der Waals surface area contributed by atoms with Gasteiger partial charge in [-0.1, -0.05) is 11.6 Å². The first-order valence-electron chi connectivity index (χ1n) is 7.65. The summed E-state index contributed by atoms with van der Waals surface area (Å²) in [6.07, 6.45) is 2.61. The third-order valence-electron chi connectivity index (χ3n) is 3.49. The highest BCUT2D eigenvalue weighted by Gasteiger charge is 2.11. The summed E-state index contributed by atoms with van der Waals surface area (Å²) >= 11 is 6.06. The van der Waals surface area contributed by atoms with Crippen LogP contribution in [-0.2, 0) is 0 Å². The summed E-state index contributed by atoms with van der Waals surface area (Å²) in [7, 11) is 1.52. The Kier molecular flexibility index (Phi) is 5.46. The van der Waals surface area contributed by atoms with Gasteiger partial charge in [0.1, 0.15) is 17.3 Å². The SMILES string of the molecule is COc1ccc(Nc2cnc(C(=O)Nc3ccc(F)c(F)c3)cn2)cc1Cl. The molecule has 0 radical (unpaired) electrons. The fourth-order valence-electron chi connectivity index (χ4n) is 2.17. The number of carbonyl (C=O) groups is 1. The number of benzene rings is 2. The molecule has 3 rings (SSSR count). The van der Waals surface area contributed by atoms with Crippen molar-refractivity contribution < 1.29 is 18.3 Å². The largest absolute Gasteiger partial charge is 0.495 e. The van der Waals surface area contributed by atoms with E-state index in [9.17, 15) is 13.6 Å². The number of methoxy groups -OCH3 is 1. The molecule has 2 N–H and O–H groups in total. The summed E-state index contributed by atoms with van der Waals surface area (Å²) in [5.41, 5.74) is 0.780. The number of carbonyl (C=O) groups excluding carboxylic acids is 1. The third-order valence-corrected chi connectivity index (χ3v) is 3.78. The first-order chi connectivity index (χ1) is 13.0. The van der Waals surface area contributed by atoms with Gasteiger partial charge in [-0.25, -0.2) is 18.7 Å². The highest BCUT2D eigenvalue weighted by Crippen LogP contribution is 2.28. The van der Waals surface area contributed by atoms with Crippen LogP contribution in [0.4, 0.5) is 26.0 Å². The molecule has 0 atom stereocenters. The molecule has 0 fully saturated rings. The molecule has 0 unspecified atom stereocenters. The number of anilines is 3. The van der Waals surface area contributed by atoms with E-state index in [2.05, 4.69) is 20.6 Å². The van der Waals surface area contributed by atoms with Crippen LogP contribution in [0.3, 0.4) is 0 Å². The number of nitrogens with one attached hydrogen (secondary N) is 2. The summed E-state index contributed by atoms with van der Waals surface area (Å²) < 4.78 is 31.2. The molecule has 9 heteroatoms. The number of aromatic nitrogens is 2. The first kappa shape index (κ1) is 18.5. The quantitative estimate of drug-likeness (QED) is 0.674. The van der Waals surface area contributed by atoms with E-state index in [-0.39, 0.29) is 11.4 Å². The average Bonchev–Trinajstić information content (AvgIpc) is 2.65. The topological polar surface area (TPSA) is 76.1 Å². The molecule has 138 valence electrons. The Balaban J connectivity index is 1.68. The molecule has 1 amide bonds. The number of hydrogen-bond acceptors (Lipinski definition) is 5. The monoisotopic (exact) mass is 390 g/mol. The zero-order valence-electron chi connectivity index (χ0n) is 14.0. The average molecular weight is 391 g/mol. The Morgan fingerprint density at radius 2 is 1.81 bits per heavy atom. The van der Waals surface area contributed by atoms with Crippen LogP contribution in [0.1, 0.15) is 10.5 Å². The number of nitrogens with zero attached hydrogens (tertiary/aromatic N) is 2. The van der Waals surface area contributed by atoms with Crippen LogP contribution < -0.4 is 15.4 Å². The van der Waals surface area contributed by atoms with Crippen molar-refractivity contribution in [2.75, 3.05) is 17.7 Å². The molecule has 27 heavy (non-hydrogen) atoms. The minimum Gasteiger partial charge on any atom is -0.495 e. The Labute approximate surface area is 158 Å². The predicted molar refractivity (Wildman–Crippen MR) is 97.6 cm³/mol. The van der Waals surface area contributed by atoms with Gasteiger partial charge >= 0.3 is 0 Å². The second-order valence-electron chi connectivity index (χ2n) is 5.34. The van der Waals surface area contributed by atoms with Crippen LogP contribution in [0.2, 0.25) is 5.02 Å². The van der Waals surface area contributed by atoms with Crippen molar-refractivity contribution in [1.29, 1.82) is 0 Å². The van der Waals surface area contributed by atoms with E-state index in [1.807, 2.05) is 0 Å². The van der Waals surface area contributed by atoms with E-state index >= 15 is 0 Å². The Morgan fingerprint density at radius 1 is 1.04 bits per heavy atom. The maximum atomic E-state index is 13.2. The molecule has 0 bridgehead atoms. The van der Waals surface area contributed by atoms with Crippen LogP contribution in [0.15, 0.2) is 48.8 Å². The molecule has 1 heterocycles. The van der Waals surface area contributed by atoms with Gasteiger partial charge in [0.2, 0.25) is 0 Å². The molecule has 3 aromatic rings. The van der Waals surface area contributed by atoms with Crippen molar-refractivity contribution in [2.24, 2.45) is 0 Å². The third kappa shape index (κ3) is 4.48. The highest BCUT2D eigenvalue weighted by atomic mass is 35.5. The molecule has 1 aromatic heterocycles. The van der Waals surface area contributed by atoms with Crippen molar-refractivity contribution in [2.45, 2.75) is 0 Å². The van der Waals surface area contributed by atoms with Gasteiger partial charge in [-0.3, -0.25) is 4.79 Å². The molecule has 0 aliphatic carbocycles. The van der Waals surface area contributed by atoms with Gasteiger partial charge in [0.05, 0.1) is 24.5 Å². The van der Waals surface area contributed by atoms with E-state index in [4.69, 9.17) is 16.3 Å². The zero-order chi connectivity index (χ0) is 19.4. The number of rotatable bonds is 5. The minimum atomic E-state index is -1.06. The molecule has 0 aliphatic heterocycles. The molecular formula is C18H13ClF2N4O2. The van der Waals surface area contributed by atoms with Crippen molar-refractivity contribution in [1.82, 2.24) is 9.97 Å². The summed E-state index contributed by atoms with van der Waals surface area (Å²) in [6, 6.07) is 8.14. The molecule has 0 spiro atoms. The second-order valence-corrected chi connectivity index (χ2v) is 5.75. The van der Waals surface area contributed by atoms with Crippen LogP contribution in [0, 0.1) is 11.6 Å². The number of hydrogen-bond donors (Lipinski definition) is 2. The van der Waals surface area contributed by atoms with Gasteiger partial charge in [0, 0.05) is 17.4 Å². The fraction of sp³-hybridized carbons (Fsp3) is 0.0556. The number of amides is 1. The van der Waals surface area contributed by atoms with Gasteiger partial charge in [0.15, 0.2) is 11.6 Å². The van der Waals surface area contributed by atoms with Crippen molar-refractivity contribution >= 4 is 34.7 Å². The Morgan fingerprint density at radius 3 is 2.44 bits per heavy atom. The van der Waals surface area contributed by atoms with Crippen LogP contribution in [0.5, 0.6) is 5.75 Å². The lowest BCUT2D eigenvalue weighted by Crippen LogP contribution is -2.14. The lowest BCUT2D eigenvalue weighted by atomic mass is 10.3. The summed E-state index contributed by atoms with van der Waals surface area (Å²) in [4.78, 5) is 20.2. The first-order valence-corrected chi connectivity index (χ1v) is 8.03.